The lowest BCUT2D eigenvalue weighted by atomic mass is 9.98. The van der Waals surface area contributed by atoms with E-state index in [9.17, 15) is 10.1 Å². The van der Waals surface area contributed by atoms with Crippen molar-refractivity contribution in [2.45, 2.75) is 13.0 Å². The number of rotatable bonds is 6. The number of ether oxygens (including phenoxy) is 2. The third-order valence-corrected chi connectivity index (χ3v) is 3.80. The van der Waals surface area contributed by atoms with Crippen LogP contribution in [0.5, 0.6) is 11.5 Å². The van der Waals surface area contributed by atoms with Gasteiger partial charge >= 0.3 is 0 Å². The van der Waals surface area contributed by atoms with Crippen LogP contribution in [-0.4, -0.2) is 26.2 Å². The van der Waals surface area contributed by atoms with Crippen LogP contribution in [0.2, 0.25) is 0 Å². The van der Waals surface area contributed by atoms with Crippen molar-refractivity contribution in [1.29, 1.82) is 0 Å². The number of nitrogens with one attached hydrogen (secondary N) is 1. The summed E-state index contributed by atoms with van der Waals surface area (Å²) < 4.78 is 10.9. The molecule has 0 spiro atoms. The Hall–Kier alpha value is -2.60. The van der Waals surface area contributed by atoms with Crippen molar-refractivity contribution in [3.05, 3.63) is 52.1 Å². The second-order valence-corrected chi connectivity index (χ2v) is 5.12. The molecule has 0 amide bonds. The number of hydrogen-bond donors (Lipinski definition) is 1. The van der Waals surface area contributed by atoms with Gasteiger partial charge in [0.1, 0.15) is 0 Å². The third kappa shape index (κ3) is 3.43. The van der Waals surface area contributed by atoms with Gasteiger partial charge in [0, 0.05) is 23.7 Å². The van der Waals surface area contributed by atoms with Crippen LogP contribution in [0.15, 0.2) is 36.4 Å². The van der Waals surface area contributed by atoms with E-state index in [4.69, 9.17) is 9.47 Å². The SMILES string of the molecule is CNC(C)c1cc(OC)c(OC)c(-c2cccc([N+](=O)[O-])c2)c1. The quantitative estimate of drug-likeness (QED) is 0.651. The van der Waals surface area contributed by atoms with Gasteiger partial charge in [0.05, 0.1) is 19.1 Å². The average Bonchev–Trinajstić information content (AvgIpc) is 2.59. The number of benzene rings is 2. The Morgan fingerprint density at radius 1 is 1.17 bits per heavy atom. The average molecular weight is 316 g/mol. The Kier molecular flexibility index (Phi) is 5.18. The summed E-state index contributed by atoms with van der Waals surface area (Å²) in [5.41, 5.74) is 2.51. The minimum absolute atomic E-state index is 0.0376. The van der Waals surface area contributed by atoms with Crippen LogP contribution < -0.4 is 14.8 Å². The molecule has 0 aliphatic heterocycles. The van der Waals surface area contributed by atoms with E-state index in [0.717, 1.165) is 11.1 Å². The standard InChI is InChI=1S/C17H20N2O4/c1-11(18-2)13-9-15(17(23-4)16(10-13)22-3)12-6-5-7-14(8-12)19(20)21/h5-11,18H,1-4H3. The van der Waals surface area contributed by atoms with Crippen molar-refractivity contribution in [2.75, 3.05) is 21.3 Å². The molecule has 1 N–H and O–H groups in total. The monoisotopic (exact) mass is 316 g/mol. The zero-order valence-electron chi connectivity index (χ0n) is 13.6. The smallest absolute Gasteiger partial charge is 0.270 e. The van der Waals surface area contributed by atoms with E-state index in [1.54, 1.807) is 20.3 Å². The van der Waals surface area contributed by atoms with Crippen molar-refractivity contribution in [2.24, 2.45) is 0 Å². The van der Waals surface area contributed by atoms with Gasteiger partial charge in [-0.25, -0.2) is 0 Å². The van der Waals surface area contributed by atoms with Crippen LogP contribution in [0.4, 0.5) is 5.69 Å². The minimum atomic E-state index is -0.409. The van der Waals surface area contributed by atoms with Gasteiger partial charge in [-0.3, -0.25) is 10.1 Å². The maximum Gasteiger partial charge on any atom is 0.270 e. The Morgan fingerprint density at radius 3 is 2.48 bits per heavy atom. The van der Waals surface area contributed by atoms with Crippen LogP contribution in [0, 0.1) is 10.1 Å². The molecule has 23 heavy (non-hydrogen) atoms. The summed E-state index contributed by atoms with van der Waals surface area (Å²) in [5, 5.41) is 14.2. The van der Waals surface area contributed by atoms with Crippen LogP contribution >= 0.6 is 0 Å². The molecular weight excluding hydrogens is 296 g/mol. The first kappa shape index (κ1) is 16.8. The number of non-ortho nitro benzene ring substituents is 1. The molecule has 0 saturated carbocycles. The molecule has 0 saturated heterocycles. The molecule has 1 atom stereocenters. The molecule has 0 aliphatic rings. The number of nitrogens with zero attached hydrogens (tertiary/aromatic N) is 1. The van der Waals surface area contributed by atoms with Crippen molar-refractivity contribution in [3.63, 3.8) is 0 Å². The van der Waals surface area contributed by atoms with Crippen LogP contribution in [0.3, 0.4) is 0 Å². The molecule has 0 heterocycles. The number of methoxy groups -OCH3 is 2. The summed E-state index contributed by atoms with van der Waals surface area (Å²) in [4.78, 5) is 10.6. The summed E-state index contributed by atoms with van der Waals surface area (Å²) in [5.74, 6) is 1.15. The van der Waals surface area contributed by atoms with E-state index in [1.807, 2.05) is 32.2 Å². The van der Waals surface area contributed by atoms with Crippen molar-refractivity contribution >= 4 is 5.69 Å². The predicted molar refractivity (Wildman–Crippen MR) is 89.1 cm³/mol. The van der Waals surface area contributed by atoms with Gasteiger partial charge < -0.3 is 14.8 Å². The summed E-state index contributed by atoms with van der Waals surface area (Å²) in [6.45, 7) is 2.03. The van der Waals surface area contributed by atoms with Crippen LogP contribution in [0.1, 0.15) is 18.5 Å². The molecule has 2 aromatic carbocycles. The van der Waals surface area contributed by atoms with Gasteiger partial charge in [-0.15, -0.1) is 0 Å². The van der Waals surface area contributed by atoms with E-state index in [0.29, 0.717) is 17.1 Å². The third-order valence-electron chi connectivity index (χ3n) is 3.80. The van der Waals surface area contributed by atoms with Gasteiger partial charge in [-0.05, 0) is 37.2 Å². The topological polar surface area (TPSA) is 73.6 Å². The normalized spacial score (nSPS) is 11.8. The molecule has 1 unspecified atom stereocenters. The van der Waals surface area contributed by atoms with Crippen LogP contribution in [-0.2, 0) is 0 Å². The molecule has 6 heteroatoms. The highest BCUT2D eigenvalue weighted by Crippen LogP contribution is 2.41. The van der Waals surface area contributed by atoms with Gasteiger partial charge in [0.25, 0.3) is 5.69 Å². The van der Waals surface area contributed by atoms with Crippen molar-refractivity contribution in [1.82, 2.24) is 5.32 Å². The van der Waals surface area contributed by atoms with Crippen molar-refractivity contribution in [3.8, 4) is 22.6 Å². The molecule has 122 valence electrons. The van der Waals surface area contributed by atoms with Crippen molar-refractivity contribution < 1.29 is 14.4 Å². The maximum atomic E-state index is 11.0. The van der Waals surface area contributed by atoms with Gasteiger partial charge in [0.15, 0.2) is 11.5 Å². The lowest BCUT2D eigenvalue weighted by Gasteiger charge is -2.18. The zero-order chi connectivity index (χ0) is 17.0. The first-order valence-electron chi connectivity index (χ1n) is 7.19. The lowest BCUT2D eigenvalue weighted by molar-refractivity contribution is -0.384. The second-order valence-electron chi connectivity index (χ2n) is 5.12. The lowest BCUT2D eigenvalue weighted by Crippen LogP contribution is -2.12. The number of nitro benzene ring substituents is 1. The summed E-state index contributed by atoms with van der Waals surface area (Å²) >= 11 is 0. The Morgan fingerprint density at radius 2 is 1.91 bits per heavy atom. The highest BCUT2D eigenvalue weighted by atomic mass is 16.6. The number of nitro groups is 1. The molecule has 0 fully saturated rings. The molecule has 2 rings (SSSR count). The first-order valence-corrected chi connectivity index (χ1v) is 7.19. The second kappa shape index (κ2) is 7.11. The summed E-state index contributed by atoms with van der Waals surface area (Å²) in [6, 6.07) is 10.4. The Labute approximate surface area is 135 Å². The molecule has 0 bridgehead atoms. The first-order chi connectivity index (χ1) is 11.0. The molecule has 0 aromatic heterocycles. The van der Waals surface area contributed by atoms with Crippen LogP contribution in [0.25, 0.3) is 11.1 Å². The fourth-order valence-corrected chi connectivity index (χ4v) is 2.40. The number of hydrogen-bond acceptors (Lipinski definition) is 5. The molecule has 2 aromatic rings. The van der Waals surface area contributed by atoms with E-state index in [-0.39, 0.29) is 11.7 Å². The fourth-order valence-electron chi connectivity index (χ4n) is 2.40. The van der Waals surface area contributed by atoms with Gasteiger partial charge in [-0.1, -0.05) is 12.1 Å². The molecular formula is C17H20N2O4. The molecule has 0 radical (unpaired) electrons. The Bertz CT molecular complexity index is 716. The summed E-state index contributed by atoms with van der Waals surface area (Å²) in [7, 11) is 5.00. The zero-order valence-corrected chi connectivity index (χ0v) is 13.6. The van der Waals surface area contributed by atoms with Gasteiger partial charge in [-0.2, -0.15) is 0 Å². The fraction of sp³-hybridized carbons (Fsp3) is 0.294. The molecule has 6 nitrogen and oxygen atoms in total. The van der Waals surface area contributed by atoms with E-state index in [1.165, 1.54) is 12.1 Å². The van der Waals surface area contributed by atoms with Gasteiger partial charge in [0.2, 0.25) is 0 Å². The Balaban J connectivity index is 2.68. The largest absolute Gasteiger partial charge is 0.493 e. The van der Waals surface area contributed by atoms with E-state index in [2.05, 4.69) is 5.32 Å². The van der Waals surface area contributed by atoms with E-state index >= 15 is 0 Å². The minimum Gasteiger partial charge on any atom is -0.493 e. The summed E-state index contributed by atoms with van der Waals surface area (Å²) in [6.07, 6.45) is 0. The molecule has 0 aliphatic carbocycles. The predicted octanol–water partition coefficient (Wildman–Crippen LogP) is 3.56. The highest BCUT2D eigenvalue weighted by molar-refractivity contribution is 5.76. The van der Waals surface area contributed by atoms with E-state index < -0.39 is 4.92 Å². The maximum absolute atomic E-state index is 11.0. The highest BCUT2D eigenvalue weighted by Gasteiger charge is 2.18.